The molecule has 0 radical (unpaired) electrons. The van der Waals surface area contributed by atoms with E-state index in [0.717, 1.165) is 27.9 Å². The number of rotatable bonds is 3. The molecule has 0 saturated carbocycles. The van der Waals surface area contributed by atoms with Gasteiger partial charge in [0.1, 0.15) is 0 Å². The Labute approximate surface area is 117 Å². The van der Waals surface area contributed by atoms with Crippen LogP contribution in [-0.2, 0) is 6.54 Å². The Morgan fingerprint density at radius 3 is 3.00 bits per heavy atom. The molecule has 0 aliphatic carbocycles. The van der Waals surface area contributed by atoms with E-state index in [0.29, 0.717) is 11.6 Å². The van der Waals surface area contributed by atoms with E-state index in [-0.39, 0.29) is 5.01 Å². The third-order valence-corrected chi connectivity index (χ3v) is 3.99. The molecule has 0 aliphatic heterocycles. The molecule has 0 unspecified atom stereocenters. The van der Waals surface area contributed by atoms with Crippen molar-refractivity contribution in [3.05, 3.63) is 51.6 Å². The van der Waals surface area contributed by atoms with Crippen LogP contribution in [0.5, 0.6) is 0 Å². The summed E-state index contributed by atoms with van der Waals surface area (Å²) in [5, 5.41) is 12.5. The summed E-state index contributed by atoms with van der Waals surface area (Å²) in [6, 6.07) is 7.71. The van der Waals surface area contributed by atoms with E-state index in [1.807, 2.05) is 35.0 Å². The highest BCUT2D eigenvalue weighted by atomic mass is 35.5. The van der Waals surface area contributed by atoms with Gasteiger partial charge in [-0.25, -0.2) is 9.78 Å². The maximum atomic E-state index is 10.8. The number of hydrogen-bond donors (Lipinski definition) is 1. The molecule has 19 heavy (non-hydrogen) atoms. The Kier molecular flexibility index (Phi) is 3.00. The Hall–Kier alpha value is -1.85. The highest BCUT2D eigenvalue weighted by Gasteiger charge is 2.11. The van der Waals surface area contributed by atoms with Gasteiger partial charge in [-0.2, -0.15) is 0 Å². The number of fused-ring (bicyclic) bond motifs is 1. The first-order valence-electron chi connectivity index (χ1n) is 5.56. The molecule has 0 aliphatic rings. The van der Waals surface area contributed by atoms with Crippen LogP contribution >= 0.6 is 22.9 Å². The van der Waals surface area contributed by atoms with Crippen LogP contribution in [0, 0.1) is 0 Å². The zero-order valence-corrected chi connectivity index (χ0v) is 11.3. The second kappa shape index (κ2) is 4.68. The minimum Gasteiger partial charge on any atom is -0.476 e. The van der Waals surface area contributed by atoms with Crippen LogP contribution in [-0.4, -0.2) is 20.6 Å². The molecule has 0 amide bonds. The van der Waals surface area contributed by atoms with Crippen molar-refractivity contribution in [1.29, 1.82) is 0 Å². The van der Waals surface area contributed by atoms with Crippen LogP contribution in [0.4, 0.5) is 0 Å². The lowest BCUT2D eigenvalue weighted by Gasteiger charge is -2.04. The number of thiazole rings is 1. The van der Waals surface area contributed by atoms with Gasteiger partial charge in [0.15, 0.2) is 0 Å². The predicted molar refractivity (Wildman–Crippen MR) is 75.1 cm³/mol. The molecule has 6 heteroatoms. The third kappa shape index (κ3) is 2.22. The number of aromatic carboxylic acids is 1. The Balaban J connectivity index is 1.98. The second-order valence-electron chi connectivity index (χ2n) is 4.07. The van der Waals surface area contributed by atoms with Crippen LogP contribution in [0.2, 0.25) is 5.02 Å². The summed E-state index contributed by atoms with van der Waals surface area (Å²) in [6.45, 7) is 0.511. The maximum absolute atomic E-state index is 10.8. The molecule has 0 saturated heterocycles. The van der Waals surface area contributed by atoms with Gasteiger partial charge in [0, 0.05) is 17.0 Å². The lowest BCUT2D eigenvalue weighted by Crippen LogP contribution is -2.00. The smallest absolute Gasteiger partial charge is 0.365 e. The van der Waals surface area contributed by atoms with Crippen molar-refractivity contribution in [1.82, 2.24) is 9.55 Å². The number of carboxylic acid groups (broad SMARTS) is 1. The Morgan fingerprint density at radius 1 is 1.42 bits per heavy atom. The molecule has 0 bridgehead atoms. The molecule has 3 rings (SSSR count). The number of carbonyl (C=O) groups is 1. The molecule has 2 heterocycles. The summed E-state index contributed by atoms with van der Waals surface area (Å²) in [7, 11) is 0. The van der Waals surface area contributed by atoms with Gasteiger partial charge in [-0.1, -0.05) is 23.7 Å². The van der Waals surface area contributed by atoms with Crippen LogP contribution < -0.4 is 0 Å². The standard InChI is InChI=1S/C13H9ClN2O2S/c14-10-3-1-2-8-4-5-16(11(8)10)6-9-7-19-12(15-9)13(17)18/h1-5,7H,6H2,(H,17,18). The zero-order valence-electron chi connectivity index (χ0n) is 9.71. The number of halogens is 1. The summed E-state index contributed by atoms with van der Waals surface area (Å²) in [4.78, 5) is 14.9. The van der Waals surface area contributed by atoms with Gasteiger partial charge in [-0.3, -0.25) is 0 Å². The van der Waals surface area contributed by atoms with Crippen molar-refractivity contribution in [2.75, 3.05) is 0 Å². The van der Waals surface area contributed by atoms with Crippen LogP contribution in [0.25, 0.3) is 10.9 Å². The molecule has 4 nitrogen and oxygen atoms in total. The van der Waals surface area contributed by atoms with Gasteiger partial charge in [-0.05, 0) is 12.1 Å². The largest absolute Gasteiger partial charge is 0.476 e. The van der Waals surface area contributed by atoms with E-state index in [4.69, 9.17) is 16.7 Å². The summed E-state index contributed by atoms with van der Waals surface area (Å²) in [5.74, 6) is -0.994. The number of nitrogens with zero attached hydrogens (tertiary/aromatic N) is 2. The molecule has 1 N–H and O–H groups in total. The molecule has 0 spiro atoms. The lowest BCUT2D eigenvalue weighted by atomic mass is 10.2. The van der Waals surface area contributed by atoms with E-state index < -0.39 is 5.97 Å². The van der Waals surface area contributed by atoms with E-state index in [2.05, 4.69) is 4.98 Å². The number of carboxylic acids is 1. The molecular weight excluding hydrogens is 284 g/mol. The zero-order chi connectivity index (χ0) is 13.4. The van der Waals surface area contributed by atoms with Crippen molar-refractivity contribution >= 4 is 39.8 Å². The molecule has 3 aromatic rings. The second-order valence-corrected chi connectivity index (χ2v) is 5.34. The van der Waals surface area contributed by atoms with Crippen LogP contribution in [0.15, 0.2) is 35.8 Å². The summed E-state index contributed by atoms with van der Waals surface area (Å²) in [5.41, 5.74) is 1.66. The van der Waals surface area contributed by atoms with Crippen molar-refractivity contribution < 1.29 is 9.90 Å². The fourth-order valence-electron chi connectivity index (χ4n) is 2.00. The normalized spacial score (nSPS) is 11.0. The van der Waals surface area contributed by atoms with E-state index in [1.54, 1.807) is 5.38 Å². The van der Waals surface area contributed by atoms with Crippen molar-refractivity contribution in [3.63, 3.8) is 0 Å². The van der Waals surface area contributed by atoms with Crippen LogP contribution in [0.3, 0.4) is 0 Å². The minimum atomic E-state index is -0.994. The number of hydrogen-bond acceptors (Lipinski definition) is 3. The maximum Gasteiger partial charge on any atom is 0.365 e. The quantitative estimate of drug-likeness (QED) is 0.804. The highest BCUT2D eigenvalue weighted by molar-refractivity contribution is 7.11. The number of para-hydroxylation sites is 1. The highest BCUT2D eigenvalue weighted by Crippen LogP contribution is 2.25. The lowest BCUT2D eigenvalue weighted by molar-refractivity contribution is 0.0696. The Bertz CT molecular complexity index is 763. The topological polar surface area (TPSA) is 55.1 Å². The summed E-state index contributed by atoms with van der Waals surface area (Å²) < 4.78 is 1.97. The summed E-state index contributed by atoms with van der Waals surface area (Å²) >= 11 is 7.32. The van der Waals surface area contributed by atoms with Crippen molar-refractivity contribution in [3.8, 4) is 0 Å². The van der Waals surface area contributed by atoms with Crippen LogP contribution in [0.1, 0.15) is 15.5 Å². The fraction of sp³-hybridized carbons (Fsp3) is 0.0769. The molecule has 96 valence electrons. The molecule has 0 fully saturated rings. The first-order chi connectivity index (χ1) is 9.15. The molecule has 1 aromatic carbocycles. The van der Waals surface area contributed by atoms with Gasteiger partial charge in [0.05, 0.1) is 22.8 Å². The molecular formula is C13H9ClN2O2S. The fourth-order valence-corrected chi connectivity index (χ4v) is 2.93. The predicted octanol–water partition coefficient (Wildman–Crippen LogP) is 3.50. The minimum absolute atomic E-state index is 0.109. The molecule has 2 aromatic heterocycles. The first-order valence-corrected chi connectivity index (χ1v) is 6.82. The van der Waals surface area contributed by atoms with Crippen molar-refractivity contribution in [2.24, 2.45) is 0 Å². The van der Waals surface area contributed by atoms with Crippen molar-refractivity contribution in [2.45, 2.75) is 6.54 Å². The first kappa shape index (κ1) is 12.2. The molecule has 0 atom stereocenters. The van der Waals surface area contributed by atoms with Gasteiger partial charge in [0.25, 0.3) is 0 Å². The van der Waals surface area contributed by atoms with Gasteiger partial charge >= 0.3 is 5.97 Å². The number of benzene rings is 1. The van der Waals surface area contributed by atoms with Gasteiger partial charge < -0.3 is 9.67 Å². The monoisotopic (exact) mass is 292 g/mol. The van der Waals surface area contributed by atoms with E-state index in [1.165, 1.54) is 0 Å². The SMILES string of the molecule is O=C(O)c1nc(Cn2ccc3cccc(Cl)c32)cs1. The van der Waals surface area contributed by atoms with E-state index in [9.17, 15) is 4.79 Å². The summed E-state index contributed by atoms with van der Waals surface area (Å²) in [6.07, 6.45) is 1.93. The number of aromatic nitrogens is 2. The third-order valence-electron chi connectivity index (χ3n) is 2.81. The van der Waals surface area contributed by atoms with Gasteiger partial charge in [0.2, 0.25) is 5.01 Å². The van der Waals surface area contributed by atoms with Gasteiger partial charge in [-0.15, -0.1) is 11.3 Å². The average molecular weight is 293 g/mol. The Morgan fingerprint density at radius 2 is 2.26 bits per heavy atom. The van der Waals surface area contributed by atoms with E-state index >= 15 is 0 Å². The average Bonchev–Trinajstić information content (AvgIpc) is 2.98.